The zero-order valence-corrected chi connectivity index (χ0v) is 9.75. The third-order valence-electron chi connectivity index (χ3n) is 2.46. The molecule has 2 aromatic rings. The Hall–Kier alpha value is -2.17. The first kappa shape index (κ1) is 11.3. The minimum Gasteiger partial charge on any atom is -0.493 e. The van der Waals surface area contributed by atoms with Crippen LogP contribution in [0.2, 0.25) is 0 Å². The van der Waals surface area contributed by atoms with Crippen LogP contribution in [0.15, 0.2) is 30.7 Å². The van der Waals surface area contributed by atoms with E-state index in [0.717, 1.165) is 0 Å². The Balaban J connectivity index is 2.46. The number of ether oxygens (including phenoxy) is 1. The fourth-order valence-corrected chi connectivity index (χ4v) is 1.62. The van der Waals surface area contributed by atoms with Crippen molar-refractivity contribution in [2.75, 3.05) is 7.11 Å². The van der Waals surface area contributed by atoms with E-state index < -0.39 is 0 Å². The van der Waals surface area contributed by atoms with Gasteiger partial charge in [-0.25, -0.2) is 0 Å². The van der Waals surface area contributed by atoms with Gasteiger partial charge in [0.15, 0.2) is 11.4 Å². The first-order valence-electron chi connectivity index (χ1n) is 5.32. The summed E-state index contributed by atoms with van der Waals surface area (Å²) in [5.41, 5.74) is 0.990. The summed E-state index contributed by atoms with van der Waals surface area (Å²) < 4.78 is 6.77. The summed E-state index contributed by atoms with van der Waals surface area (Å²) in [6, 6.07) is 3.45. The highest BCUT2D eigenvalue weighted by atomic mass is 16.5. The molecule has 17 heavy (non-hydrogen) atoms. The van der Waals surface area contributed by atoms with Crippen LogP contribution in [-0.4, -0.2) is 27.7 Å². The maximum absolute atomic E-state index is 12.3. The average molecular weight is 231 g/mol. The standard InChI is InChI=1S/C12H13N3O2/c1-3-15-11(10(17-2)8-14-15)12(16)9-5-4-6-13-7-9/h4-8H,3H2,1-2H3. The van der Waals surface area contributed by atoms with E-state index in [1.807, 2.05) is 6.92 Å². The minimum atomic E-state index is -0.130. The molecule has 0 atom stereocenters. The maximum atomic E-state index is 12.3. The van der Waals surface area contributed by atoms with Crippen LogP contribution in [0, 0.1) is 0 Å². The summed E-state index contributed by atoms with van der Waals surface area (Å²) in [4.78, 5) is 16.2. The van der Waals surface area contributed by atoms with Crippen LogP contribution >= 0.6 is 0 Å². The molecule has 0 N–H and O–H groups in total. The molecule has 0 amide bonds. The van der Waals surface area contributed by atoms with E-state index >= 15 is 0 Å². The van der Waals surface area contributed by atoms with E-state index in [1.165, 1.54) is 13.3 Å². The fraction of sp³-hybridized carbons (Fsp3) is 0.250. The van der Waals surface area contributed by atoms with Gasteiger partial charge in [0, 0.05) is 24.5 Å². The molecule has 2 aromatic heterocycles. The lowest BCUT2D eigenvalue weighted by Crippen LogP contribution is -2.11. The second-order valence-corrected chi connectivity index (χ2v) is 3.45. The third-order valence-corrected chi connectivity index (χ3v) is 2.46. The number of hydrogen-bond donors (Lipinski definition) is 0. The van der Waals surface area contributed by atoms with Crippen LogP contribution in [0.5, 0.6) is 5.75 Å². The summed E-state index contributed by atoms with van der Waals surface area (Å²) in [5.74, 6) is 0.356. The molecule has 0 saturated heterocycles. The van der Waals surface area contributed by atoms with Crippen LogP contribution in [-0.2, 0) is 6.54 Å². The van der Waals surface area contributed by atoms with Crippen LogP contribution in [0.1, 0.15) is 23.0 Å². The van der Waals surface area contributed by atoms with E-state index in [9.17, 15) is 4.79 Å². The molecule has 0 bridgehead atoms. The van der Waals surface area contributed by atoms with E-state index in [-0.39, 0.29) is 5.78 Å². The van der Waals surface area contributed by atoms with Gasteiger partial charge in [0.1, 0.15) is 0 Å². The molecule has 5 heteroatoms. The zero-order valence-electron chi connectivity index (χ0n) is 9.75. The SMILES string of the molecule is CCn1ncc(OC)c1C(=O)c1cccnc1. The lowest BCUT2D eigenvalue weighted by atomic mass is 10.1. The maximum Gasteiger partial charge on any atom is 0.216 e. The number of carbonyl (C=O) groups excluding carboxylic acids is 1. The number of pyridine rings is 1. The number of hydrogen-bond acceptors (Lipinski definition) is 4. The number of carbonyl (C=O) groups is 1. The largest absolute Gasteiger partial charge is 0.493 e. The van der Waals surface area contributed by atoms with Crippen molar-refractivity contribution in [3.05, 3.63) is 42.0 Å². The van der Waals surface area contributed by atoms with Gasteiger partial charge >= 0.3 is 0 Å². The molecular formula is C12H13N3O2. The summed E-state index contributed by atoms with van der Waals surface area (Å²) >= 11 is 0. The summed E-state index contributed by atoms with van der Waals surface area (Å²) in [6.45, 7) is 2.54. The molecule has 0 aliphatic heterocycles. The van der Waals surface area contributed by atoms with Crippen molar-refractivity contribution in [3.63, 3.8) is 0 Å². The van der Waals surface area contributed by atoms with E-state index in [2.05, 4.69) is 10.1 Å². The Labute approximate surface area is 99.1 Å². The Morgan fingerprint density at radius 3 is 2.88 bits per heavy atom. The predicted octanol–water partition coefficient (Wildman–Crippen LogP) is 1.54. The molecule has 0 saturated carbocycles. The Morgan fingerprint density at radius 1 is 1.47 bits per heavy atom. The highest BCUT2D eigenvalue weighted by Crippen LogP contribution is 2.20. The summed E-state index contributed by atoms with van der Waals surface area (Å²) in [7, 11) is 1.52. The van der Waals surface area contributed by atoms with Crippen molar-refractivity contribution in [1.29, 1.82) is 0 Å². The smallest absolute Gasteiger partial charge is 0.216 e. The van der Waals surface area contributed by atoms with Crippen molar-refractivity contribution in [1.82, 2.24) is 14.8 Å². The van der Waals surface area contributed by atoms with E-state index in [1.54, 1.807) is 29.2 Å². The molecule has 0 radical (unpaired) electrons. The summed E-state index contributed by atoms with van der Waals surface area (Å²) in [6.07, 6.45) is 4.72. The molecule has 0 aromatic carbocycles. The number of rotatable bonds is 4. The molecule has 88 valence electrons. The Morgan fingerprint density at radius 2 is 2.29 bits per heavy atom. The lowest BCUT2D eigenvalue weighted by molar-refractivity contribution is 0.102. The summed E-state index contributed by atoms with van der Waals surface area (Å²) in [5, 5.41) is 4.10. The molecule has 2 heterocycles. The number of methoxy groups -OCH3 is 1. The average Bonchev–Trinajstić information content (AvgIpc) is 2.81. The molecule has 0 fully saturated rings. The first-order valence-corrected chi connectivity index (χ1v) is 5.32. The number of aromatic nitrogens is 3. The van der Waals surface area contributed by atoms with Crippen LogP contribution in [0.4, 0.5) is 0 Å². The van der Waals surface area contributed by atoms with Gasteiger partial charge in [-0.05, 0) is 19.1 Å². The Kier molecular flexibility index (Phi) is 3.18. The molecule has 0 aliphatic carbocycles. The minimum absolute atomic E-state index is 0.130. The van der Waals surface area contributed by atoms with Gasteiger partial charge in [-0.15, -0.1) is 0 Å². The van der Waals surface area contributed by atoms with Gasteiger partial charge in [-0.3, -0.25) is 14.5 Å². The van der Waals surface area contributed by atoms with E-state index in [0.29, 0.717) is 23.6 Å². The number of ketones is 1. The second kappa shape index (κ2) is 4.78. The predicted molar refractivity (Wildman–Crippen MR) is 62.1 cm³/mol. The highest BCUT2D eigenvalue weighted by molar-refractivity contribution is 6.09. The van der Waals surface area contributed by atoms with Crippen LogP contribution < -0.4 is 4.74 Å². The molecular weight excluding hydrogens is 218 g/mol. The van der Waals surface area contributed by atoms with Crippen molar-refractivity contribution < 1.29 is 9.53 Å². The Bertz CT molecular complexity index is 498. The van der Waals surface area contributed by atoms with Crippen LogP contribution in [0.3, 0.4) is 0 Å². The lowest BCUT2D eigenvalue weighted by Gasteiger charge is -2.05. The van der Waals surface area contributed by atoms with Gasteiger partial charge in [0.2, 0.25) is 5.78 Å². The quantitative estimate of drug-likeness (QED) is 0.749. The van der Waals surface area contributed by atoms with Gasteiger partial charge in [0.25, 0.3) is 0 Å². The molecule has 5 nitrogen and oxygen atoms in total. The third kappa shape index (κ3) is 2.04. The first-order chi connectivity index (χ1) is 8.27. The van der Waals surface area contributed by atoms with Crippen molar-refractivity contribution in [3.8, 4) is 5.75 Å². The van der Waals surface area contributed by atoms with Gasteiger partial charge in [0.05, 0.1) is 13.3 Å². The molecule has 2 rings (SSSR count). The monoisotopic (exact) mass is 231 g/mol. The van der Waals surface area contributed by atoms with E-state index in [4.69, 9.17) is 4.74 Å². The van der Waals surface area contributed by atoms with Crippen molar-refractivity contribution >= 4 is 5.78 Å². The van der Waals surface area contributed by atoms with Crippen LogP contribution in [0.25, 0.3) is 0 Å². The van der Waals surface area contributed by atoms with Crippen molar-refractivity contribution in [2.24, 2.45) is 0 Å². The molecule has 0 spiro atoms. The fourth-order valence-electron chi connectivity index (χ4n) is 1.62. The van der Waals surface area contributed by atoms with Crippen molar-refractivity contribution in [2.45, 2.75) is 13.5 Å². The van der Waals surface area contributed by atoms with Gasteiger partial charge in [-0.2, -0.15) is 5.10 Å². The molecule has 0 aliphatic rings. The topological polar surface area (TPSA) is 57.0 Å². The zero-order chi connectivity index (χ0) is 12.3. The molecule has 0 unspecified atom stereocenters. The number of aryl methyl sites for hydroxylation is 1. The highest BCUT2D eigenvalue weighted by Gasteiger charge is 2.20. The normalized spacial score (nSPS) is 10.2. The second-order valence-electron chi connectivity index (χ2n) is 3.45. The van der Waals surface area contributed by atoms with Gasteiger partial charge < -0.3 is 4.74 Å². The van der Waals surface area contributed by atoms with Gasteiger partial charge in [-0.1, -0.05) is 0 Å². The number of nitrogens with zero attached hydrogens (tertiary/aromatic N) is 3.